The van der Waals surface area contributed by atoms with Gasteiger partial charge in [0.2, 0.25) is 5.91 Å². The minimum atomic E-state index is -0.280. The molecule has 0 radical (unpaired) electrons. The van der Waals surface area contributed by atoms with Gasteiger partial charge in [-0.15, -0.1) is 0 Å². The number of carbonyl (C=O) groups is 1. The normalized spacial score (nSPS) is 27.6. The maximum Gasteiger partial charge on any atom is 0.239 e. The Morgan fingerprint density at radius 3 is 2.45 bits per heavy atom. The molecule has 6 heteroatoms. The van der Waals surface area contributed by atoms with Crippen LogP contribution in [0.1, 0.15) is 36.4 Å². The molecule has 3 nitrogen and oxygen atoms in total. The van der Waals surface area contributed by atoms with Gasteiger partial charge in [-0.2, -0.15) is 0 Å². The second-order valence-electron chi connectivity index (χ2n) is 7.73. The highest BCUT2D eigenvalue weighted by Gasteiger charge is 2.47. The van der Waals surface area contributed by atoms with Crippen LogP contribution in [0.5, 0.6) is 0 Å². The summed E-state index contributed by atoms with van der Waals surface area (Å²) in [5.74, 6) is 0.0769. The fourth-order valence-corrected chi connectivity index (χ4v) is 5.61. The van der Waals surface area contributed by atoms with Crippen LogP contribution in [0.15, 0.2) is 59.1 Å². The van der Waals surface area contributed by atoms with Crippen molar-refractivity contribution >= 4 is 28.9 Å². The third-order valence-corrected chi connectivity index (χ3v) is 6.91. The van der Waals surface area contributed by atoms with Crippen LogP contribution in [0.2, 0.25) is 0 Å². The van der Waals surface area contributed by atoms with Crippen molar-refractivity contribution in [1.29, 1.82) is 0 Å². The van der Waals surface area contributed by atoms with Crippen LogP contribution >= 0.6 is 11.8 Å². The number of amides is 1. The van der Waals surface area contributed by atoms with E-state index in [9.17, 15) is 13.6 Å². The average Bonchev–Trinajstić information content (AvgIpc) is 3.10. The van der Waals surface area contributed by atoms with Gasteiger partial charge in [0.25, 0.3) is 0 Å². The molecule has 3 aliphatic rings. The summed E-state index contributed by atoms with van der Waals surface area (Å²) in [5.41, 5.74) is 3.12. The molecule has 0 N–H and O–H groups in total. The Balaban J connectivity index is 1.57. The fraction of sp³-hybridized carbons (Fsp3) is 0.304. The van der Waals surface area contributed by atoms with Crippen LogP contribution in [-0.4, -0.2) is 27.8 Å². The Bertz CT molecular complexity index is 1000. The van der Waals surface area contributed by atoms with Crippen LogP contribution in [0.4, 0.5) is 8.78 Å². The van der Waals surface area contributed by atoms with E-state index in [-0.39, 0.29) is 35.5 Å². The van der Waals surface area contributed by atoms with E-state index in [1.54, 1.807) is 24.3 Å². The lowest BCUT2D eigenvalue weighted by Gasteiger charge is -2.44. The molecule has 0 aromatic heterocycles. The lowest BCUT2D eigenvalue weighted by molar-refractivity contribution is -0.127. The average molecular weight is 410 g/mol. The molecule has 2 aromatic carbocycles. The van der Waals surface area contributed by atoms with Gasteiger partial charge < -0.3 is 0 Å². The monoisotopic (exact) mass is 410 g/mol. The first-order valence-corrected chi connectivity index (χ1v) is 10.8. The molecule has 2 fully saturated rings. The molecular formula is C23H20F2N2OS. The van der Waals surface area contributed by atoms with Gasteiger partial charge in [-0.25, -0.2) is 8.78 Å². The largest absolute Gasteiger partial charge is 0.283 e. The Morgan fingerprint density at radius 2 is 1.72 bits per heavy atom. The van der Waals surface area contributed by atoms with E-state index in [0.29, 0.717) is 5.75 Å². The second kappa shape index (κ2) is 7.41. The molecule has 1 saturated carbocycles. The van der Waals surface area contributed by atoms with E-state index in [2.05, 4.69) is 6.08 Å². The van der Waals surface area contributed by atoms with Gasteiger partial charge in [0, 0.05) is 5.92 Å². The molecule has 0 spiro atoms. The van der Waals surface area contributed by atoms with E-state index in [0.717, 1.165) is 35.6 Å². The number of thioether (sulfide) groups is 1. The van der Waals surface area contributed by atoms with Crippen molar-refractivity contribution in [2.45, 2.75) is 31.3 Å². The quantitative estimate of drug-likeness (QED) is 0.681. The predicted octanol–water partition coefficient (Wildman–Crippen LogP) is 5.20. The second-order valence-corrected chi connectivity index (χ2v) is 8.67. The number of nitrogens with zero attached hydrogens (tertiary/aromatic N) is 2. The number of amidine groups is 1. The van der Waals surface area contributed by atoms with Crippen molar-refractivity contribution in [3.63, 3.8) is 0 Å². The minimum Gasteiger partial charge on any atom is -0.283 e. The summed E-state index contributed by atoms with van der Waals surface area (Å²) in [6.07, 6.45) is 5.01. The Hall–Kier alpha value is -2.47. The molecule has 3 atom stereocenters. The molecule has 1 aliphatic carbocycles. The van der Waals surface area contributed by atoms with Crippen molar-refractivity contribution in [2.24, 2.45) is 10.9 Å². The van der Waals surface area contributed by atoms with Crippen LogP contribution in [0.25, 0.3) is 6.08 Å². The smallest absolute Gasteiger partial charge is 0.239 e. The van der Waals surface area contributed by atoms with Crippen LogP contribution in [0.3, 0.4) is 0 Å². The van der Waals surface area contributed by atoms with Crippen molar-refractivity contribution in [1.82, 2.24) is 4.90 Å². The number of rotatable bonds is 2. The minimum absolute atomic E-state index is 0.0199. The first-order chi connectivity index (χ1) is 14.1. The summed E-state index contributed by atoms with van der Waals surface area (Å²) >= 11 is 1.48. The van der Waals surface area contributed by atoms with Crippen molar-refractivity contribution < 1.29 is 13.6 Å². The summed E-state index contributed by atoms with van der Waals surface area (Å²) in [6.45, 7) is 0. The standard InChI is InChI=1S/C23H20F2N2OS/c24-17-8-4-14(5-9-17)12-16-2-1-3-19-21(16)26-23-27(20(28)13-29-23)22(19)15-6-10-18(25)11-7-15/h4-12,19,21-22H,1-3,13H2/b16-12-/t19-,21-,22-/m1/s1. The number of benzene rings is 2. The summed E-state index contributed by atoms with van der Waals surface area (Å²) in [7, 11) is 0. The summed E-state index contributed by atoms with van der Waals surface area (Å²) in [5, 5.41) is 0.762. The SMILES string of the molecule is O=C1CSC2=N[C@@H]3/C(=C\c4ccc(F)cc4)CCC[C@H]3[C@@H](c3ccc(F)cc3)N12. The van der Waals surface area contributed by atoms with Gasteiger partial charge in [-0.05, 0) is 60.2 Å². The van der Waals surface area contributed by atoms with Crippen molar-refractivity contribution in [3.8, 4) is 0 Å². The maximum atomic E-state index is 13.5. The highest BCUT2D eigenvalue weighted by molar-refractivity contribution is 8.15. The number of fused-ring (bicyclic) bond motifs is 2. The van der Waals surface area contributed by atoms with E-state index < -0.39 is 0 Å². The van der Waals surface area contributed by atoms with Gasteiger partial charge in [-0.3, -0.25) is 14.7 Å². The Morgan fingerprint density at radius 1 is 1.03 bits per heavy atom. The molecule has 0 bridgehead atoms. The Kier molecular flexibility index (Phi) is 4.74. The number of hydrogen-bond acceptors (Lipinski definition) is 3. The number of carbonyl (C=O) groups excluding carboxylic acids is 1. The van der Waals surface area contributed by atoms with Crippen LogP contribution in [-0.2, 0) is 4.79 Å². The van der Waals surface area contributed by atoms with E-state index in [1.807, 2.05) is 4.90 Å². The summed E-state index contributed by atoms with van der Waals surface area (Å²) < 4.78 is 26.8. The highest BCUT2D eigenvalue weighted by Crippen LogP contribution is 2.48. The van der Waals surface area contributed by atoms with E-state index in [4.69, 9.17) is 4.99 Å². The number of halogens is 2. The third kappa shape index (κ3) is 3.39. The number of hydrogen-bond donors (Lipinski definition) is 0. The Labute approximate surface area is 172 Å². The van der Waals surface area contributed by atoms with Gasteiger partial charge in [0.05, 0.1) is 17.8 Å². The van der Waals surface area contributed by atoms with Crippen molar-refractivity contribution in [2.75, 3.05) is 5.75 Å². The topological polar surface area (TPSA) is 32.7 Å². The maximum absolute atomic E-state index is 13.5. The van der Waals surface area contributed by atoms with E-state index in [1.165, 1.54) is 41.6 Å². The van der Waals surface area contributed by atoms with Gasteiger partial charge in [0.1, 0.15) is 11.6 Å². The predicted molar refractivity (Wildman–Crippen MR) is 111 cm³/mol. The van der Waals surface area contributed by atoms with Crippen LogP contribution < -0.4 is 0 Å². The molecule has 2 aliphatic heterocycles. The van der Waals surface area contributed by atoms with Gasteiger partial charge in [-0.1, -0.05) is 42.1 Å². The summed E-state index contributed by atoms with van der Waals surface area (Å²) in [4.78, 5) is 19.4. The molecule has 2 heterocycles. The molecule has 148 valence electrons. The molecule has 5 rings (SSSR count). The highest BCUT2D eigenvalue weighted by atomic mass is 32.2. The van der Waals surface area contributed by atoms with Crippen molar-refractivity contribution in [3.05, 3.63) is 76.9 Å². The van der Waals surface area contributed by atoms with Gasteiger partial charge in [0.15, 0.2) is 5.17 Å². The molecule has 2 aromatic rings. The number of aliphatic imine (C=N–C) groups is 1. The lowest BCUT2D eigenvalue weighted by atomic mass is 9.73. The third-order valence-electron chi connectivity index (χ3n) is 5.95. The van der Waals surface area contributed by atoms with E-state index >= 15 is 0 Å². The lowest BCUT2D eigenvalue weighted by Crippen LogP contribution is -2.47. The first kappa shape index (κ1) is 18.6. The molecule has 0 unspecified atom stereocenters. The molecule has 1 amide bonds. The summed E-state index contributed by atoms with van der Waals surface area (Å²) in [6, 6.07) is 12.8. The van der Waals surface area contributed by atoms with Crippen LogP contribution in [0, 0.1) is 17.6 Å². The molecule has 1 saturated heterocycles. The van der Waals surface area contributed by atoms with Gasteiger partial charge >= 0.3 is 0 Å². The zero-order chi connectivity index (χ0) is 20.0. The zero-order valence-corrected chi connectivity index (χ0v) is 16.5. The molecule has 29 heavy (non-hydrogen) atoms. The fourth-order valence-electron chi connectivity index (χ4n) is 4.67. The molecular weight excluding hydrogens is 390 g/mol. The first-order valence-electron chi connectivity index (χ1n) is 9.84. The zero-order valence-electron chi connectivity index (χ0n) is 15.7.